The number of anilines is 1. The maximum Gasteiger partial charge on any atom is 0.259 e. The van der Waals surface area contributed by atoms with Crippen LogP contribution in [0.5, 0.6) is 0 Å². The van der Waals surface area contributed by atoms with E-state index in [0.29, 0.717) is 48.3 Å². The van der Waals surface area contributed by atoms with Crippen molar-refractivity contribution in [3.05, 3.63) is 53.3 Å². The molecule has 0 radical (unpaired) electrons. The molecule has 1 saturated heterocycles. The van der Waals surface area contributed by atoms with Crippen LogP contribution < -0.4 is 5.32 Å². The van der Waals surface area contributed by atoms with Gasteiger partial charge >= 0.3 is 0 Å². The average Bonchev–Trinajstić information content (AvgIpc) is 3.14. The minimum Gasteiger partial charge on any atom is -0.339 e. The maximum absolute atomic E-state index is 13.3. The number of aryl methyl sites for hydroxylation is 1. The van der Waals surface area contributed by atoms with E-state index < -0.39 is 0 Å². The predicted molar refractivity (Wildman–Crippen MR) is 114 cm³/mol. The molecular weight excluding hydrogens is 380 g/mol. The van der Waals surface area contributed by atoms with Crippen molar-refractivity contribution in [2.45, 2.75) is 39.5 Å². The Kier molecular flexibility index (Phi) is 5.53. The van der Waals surface area contributed by atoms with E-state index in [2.05, 4.69) is 15.5 Å². The van der Waals surface area contributed by atoms with E-state index >= 15 is 0 Å². The third-order valence-corrected chi connectivity index (χ3v) is 5.65. The minimum atomic E-state index is -0.102. The van der Waals surface area contributed by atoms with Crippen molar-refractivity contribution in [2.75, 3.05) is 18.4 Å². The summed E-state index contributed by atoms with van der Waals surface area (Å²) in [7, 11) is 0. The van der Waals surface area contributed by atoms with Crippen molar-refractivity contribution in [3.63, 3.8) is 0 Å². The second kappa shape index (κ2) is 8.26. The van der Waals surface area contributed by atoms with Crippen LogP contribution in [-0.4, -0.2) is 39.9 Å². The number of carbonyl (C=O) groups excluding carboxylic acids is 2. The number of hydrogen-bond acceptors (Lipinski definition) is 5. The van der Waals surface area contributed by atoms with Gasteiger partial charge in [-0.25, -0.2) is 4.98 Å². The van der Waals surface area contributed by atoms with Gasteiger partial charge in [0.15, 0.2) is 0 Å². The van der Waals surface area contributed by atoms with E-state index in [1.807, 2.05) is 62.1 Å². The molecule has 0 aliphatic carbocycles. The summed E-state index contributed by atoms with van der Waals surface area (Å²) in [5.74, 6) is 0.0168. The van der Waals surface area contributed by atoms with Crippen LogP contribution in [0.25, 0.3) is 11.1 Å². The molecule has 1 N–H and O–H groups in total. The molecule has 1 aliphatic rings. The van der Waals surface area contributed by atoms with E-state index in [9.17, 15) is 9.59 Å². The Balaban J connectivity index is 1.48. The van der Waals surface area contributed by atoms with Crippen LogP contribution >= 0.6 is 0 Å². The van der Waals surface area contributed by atoms with Crippen LogP contribution in [-0.2, 0) is 4.79 Å². The lowest BCUT2D eigenvalue weighted by Gasteiger charge is -2.31. The first-order valence-electron chi connectivity index (χ1n) is 10.4. The number of likely N-dealkylation sites (tertiary alicyclic amines) is 1. The van der Waals surface area contributed by atoms with Gasteiger partial charge in [0.2, 0.25) is 5.91 Å². The summed E-state index contributed by atoms with van der Waals surface area (Å²) < 4.78 is 5.34. The third-order valence-electron chi connectivity index (χ3n) is 5.65. The van der Waals surface area contributed by atoms with E-state index in [1.54, 1.807) is 0 Å². The second-order valence-corrected chi connectivity index (χ2v) is 8.12. The van der Waals surface area contributed by atoms with Crippen LogP contribution in [0.2, 0.25) is 0 Å². The highest BCUT2D eigenvalue weighted by molar-refractivity contribution is 6.06. The molecule has 2 aromatic heterocycles. The van der Waals surface area contributed by atoms with Gasteiger partial charge in [0.25, 0.3) is 11.6 Å². The molecule has 1 aliphatic heterocycles. The summed E-state index contributed by atoms with van der Waals surface area (Å²) >= 11 is 0. The molecule has 4 rings (SSSR count). The van der Waals surface area contributed by atoms with Gasteiger partial charge in [-0.05, 0) is 43.9 Å². The molecule has 3 heterocycles. The molecule has 0 spiro atoms. The van der Waals surface area contributed by atoms with E-state index in [0.717, 1.165) is 11.4 Å². The highest BCUT2D eigenvalue weighted by atomic mass is 16.5. The summed E-state index contributed by atoms with van der Waals surface area (Å²) in [5.41, 5.74) is 3.24. The Morgan fingerprint density at radius 2 is 1.87 bits per heavy atom. The second-order valence-electron chi connectivity index (χ2n) is 8.12. The number of carbonyl (C=O) groups is 2. The smallest absolute Gasteiger partial charge is 0.259 e. The number of fused-ring (bicyclic) bond motifs is 1. The molecule has 0 unspecified atom stereocenters. The molecule has 30 heavy (non-hydrogen) atoms. The normalized spacial score (nSPS) is 15.0. The quantitative estimate of drug-likeness (QED) is 0.703. The Morgan fingerprint density at radius 3 is 2.53 bits per heavy atom. The van der Waals surface area contributed by atoms with Crippen LogP contribution in [0.3, 0.4) is 0 Å². The molecular formula is C23H26N4O3. The fourth-order valence-electron chi connectivity index (χ4n) is 3.86. The maximum atomic E-state index is 13.3. The summed E-state index contributed by atoms with van der Waals surface area (Å²) in [4.78, 5) is 32.2. The zero-order chi connectivity index (χ0) is 21.3. The van der Waals surface area contributed by atoms with Gasteiger partial charge < -0.3 is 14.7 Å². The molecule has 7 heteroatoms. The standard InChI is InChI=1S/C23H26N4O3/c1-14(2)19-13-18(20-15(3)26-30-22(20)25-19)23(29)27-11-9-16(10-12-27)21(28)24-17-7-5-4-6-8-17/h4-8,13-14,16H,9-12H2,1-3H3,(H,24,28). The molecule has 0 bridgehead atoms. The zero-order valence-electron chi connectivity index (χ0n) is 17.5. The van der Waals surface area contributed by atoms with Crippen molar-refractivity contribution in [3.8, 4) is 0 Å². The highest BCUT2D eigenvalue weighted by Gasteiger charge is 2.30. The number of hydrogen-bond donors (Lipinski definition) is 1. The fourth-order valence-corrected chi connectivity index (χ4v) is 3.86. The lowest BCUT2D eigenvalue weighted by Crippen LogP contribution is -2.41. The van der Waals surface area contributed by atoms with Crippen molar-refractivity contribution in [1.29, 1.82) is 0 Å². The number of nitrogens with one attached hydrogen (secondary N) is 1. The Bertz CT molecular complexity index is 1070. The van der Waals surface area contributed by atoms with Crippen molar-refractivity contribution < 1.29 is 14.1 Å². The lowest BCUT2D eigenvalue weighted by molar-refractivity contribution is -0.121. The number of benzene rings is 1. The molecule has 1 aromatic carbocycles. The minimum absolute atomic E-state index is 0.0107. The molecule has 3 aromatic rings. The number of aromatic nitrogens is 2. The van der Waals surface area contributed by atoms with Gasteiger partial charge in [-0.1, -0.05) is 37.2 Å². The molecule has 2 amide bonds. The first-order chi connectivity index (χ1) is 14.4. The van der Waals surface area contributed by atoms with Crippen molar-refractivity contribution >= 4 is 28.6 Å². The number of nitrogens with zero attached hydrogens (tertiary/aromatic N) is 3. The Morgan fingerprint density at radius 1 is 1.17 bits per heavy atom. The average molecular weight is 406 g/mol. The van der Waals surface area contributed by atoms with Gasteiger partial charge in [-0.15, -0.1) is 0 Å². The first kappa shape index (κ1) is 20.1. The van der Waals surface area contributed by atoms with E-state index in [4.69, 9.17) is 4.52 Å². The molecule has 1 fully saturated rings. The van der Waals surface area contributed by atoms with E-state index in [-0.39, 0.29) is 23.7 Å². The molecule has 156 valence electrons. The molecule has 0 atom stereocenters. The topological polar surface area (TPSA) is 88.3 Å². The van der Waals surface area contributed by atoms with E-state index in [1.165, 1.54) is 0 Å². The summed E-state index contributed by atoms with van der Waals surface area (Å²) in [6.45, 7) is 6.96. The largest absolute Gasteiger partial charge is 0.339 e. The van der Waals surface area contributed by atoms with Gasteiger partial charge in [0.1, 0.15) is 0 Å². The first-order valence-corrected chi connectivity index (χ1v) is 10.4. The van der Waals surface area contributed by atoms with Gasteiger partial charge in [-0.3, -0.25) is 9.59 Å². The number of amides is 2. The fraction of sp³-hybridized carbons (Fsp3) is 0.391. The summed E-state index contributed by atoms with van der Waals surface area (Å²) in [5, 5.41) is 7.64. The van der Waals surface area contributed by atoms with Crippen LogP contribution in [0, 0.1) is 12.8 Å². The van der Waals surface area contributed by atoms with Gasteiger partial charge in [0, 0.05) is 30.4 Å². The van der Waals surface area contributed by atoms with Crippen LogP contribution in [0.15, 0.2) is 40.9 Å². The monoisotopic (exact) mass is 406 g/mol. The van der Waals surface area contributed by atoms with Crippen LogP contribution in [0.4, 0.5) is 5.69 Å². The number of piperidine rings is 1. The predicted octanol–water partition coefficient (Wildman–Crippen LogP) is 4.15. The van der Waals surface area contributed by atoms with Crippen molar-refractivity contribution in [1.82, 2.24) is 15.0 Å². The molecule has 7 nitrogen and oxygen atoms in total. The summed E-state index contributed by atoms with van der Waals surface area (Å²) in [6, 6.07) is 11.3. The van der Waals surface area contributed by atoms with Crippen LogP contribution in [0.1, 0.15) is 54.4 Å². The highest BCUT2D eigenvalue weighted by Crippen LogP contribution is 2.28. The summed E-state index contributed by atoms with van der Waals surface area (Å²) in [6.07, 6.45) is 1.27. The Hall–Kier alpha value is -3.22. The van der Waals surface area contributed by atoms with Crippen molar-refractivity contribution in [2.24, 2.45) is 5.92 Å². The number of pyridine rings is 1. The lowest BCUT2D eigenvalue weighted by atomic mass is 9.94. The SMILES string of the molecule is Cc1noc2nc(C(C)C)cc(C(=O)N3CCC(C(=O)Nc4ccccc4)CC3)c12. The zero-order valence-corrected chi connectivity index (χ0v) is 17.5. The van der Waals surface area contributed by atoms with Gasteiger partial charge in [-0.2, -0.15) is 0 Å². The molecule has 0 saturated carbocycles. The third kappa shape index (κ3) is 3.92. The number of rotatable bonds is 4. The number of para-hydroxylation sites is 1. The van der Waals surface area contributed by atoms with Gasteiger partial charge in [0.05, 0.1) is 16.6 Å². The Labute approximate surface area is 175 Å².